The highest BCUT2D eigenvalue weighted by Crippen LogP contribution is 2.38. The molecular weight excluding hydrogens is 272 g/mol. The Hall–Kier alpha value is -0.120. The van der Waals surface area contributed by atoms with E-state index in [0.29, 0.717) is 18.7 Å². The third-order valence-electron chi connectivity index (χ3n) is 6.83. The molecule has 0 aromatic heterocycles. The Bertz CT molecular complexity index is 353. The van der Waals surface area contributed by atoms with Crippen molar-refractivity contribution in [2.24, 2.45) is 11.3 Å². The van der Waals surface area contributed by atoms with Gasteiger partial charge in [0.05, 0.1) is 0 Å². The SMILES string of the molecule is CC1CCCC(N2CCC(NC3CCCC3(C)CO)CC2)C1. The zero-order chi connectivity index (χ0) is 15.6. The van der Waals surface area contributed by atoms with Crippen LogP contribution in [-0.2, 0) is 0 Å². The van der Waals surface area contributed by atoms with E-state index < -0.39 is 0 Å². The second kappa shape index (κ2) is 7.19. The van der Waals surface area contributed by atoms with Gasteiger partial charge in [-0.25, -0.2) is 0 Å². The lowest BCUT2D eigenvalue weighted by Gasteiger charge is -2.42. The summed E-state index contributed by atoms with van der Waals surface area (Å²) in [6.07, 6.45) is 12.0. The van der Waals surface area contributed by atoms with Gasteiger partial charge in [0.25, 0.3) is 0 Å². The molecule has 4 unspecified atom stereocenters. The standard InChI is InChI=1S/C19H36N2O/c1-15-5-3-6-17(13-15)21-11-8-16(9-12-21)20-18-7-4-10-19(18,2)14-22/h15-18,20,22H,3-14H2,1-2H3. The van der Waals surface area contributed by atoms with Crippen molar-refractivity contribution in [3.05, 3.63) is 0 Å². The van der Waals surface area contributed by atoms with Crippen molar-refractivity contribution in [2.45, 2.75) is 89.8 Å². The van der Waals surface area contributed by atoms with E-state index in [1.807, 2.05) is 0 Å². The van der Waals surface area contributed by atoms with Crippen molar-refractivity contribution >= 4 is 0 Å². The summed E-state index contributed by atoms with van der Waals surface area (Å²) in [6, 6.07) is 2.06. The van der Waals surface area contributed by atoms with Gasteiger partial charge in [0.2, 0.25) is 0 Å². The van der Waals surface area contributed by atoms with Crippen molar-refractivity contribution in [1.29, 1.82) is 0 Å². The molecule has 2 N–H and O–H groups in total. The molecule has 3 nitrogen and oxygen atoms in total. The van der Waals surface area contributed by atoms with E-state index in [4.69, 9.17) is 0 Å². The van der Waals surface area contributed by atoms with Crippen molar-refractivity contribution in [3.8, 4) is 0 Å². The van der Waals surface area contributed by atoms with E-state index in [2.05, 4.69) is 24.1 Å². The largest absolute Gasteiger partial charge is 0.396 e. The zero-order valence-electron chi connectivity index (χ0n) is 14.7. The van der Waals surface area contributed by atoms with Crippen molar-refractivity contribution in [1.82, 2.24) is 10.2 Å². The van der Waals surface area contributed by atoms with E-state index in [1.165, 1.54) is 70.9 Å². The number of piperidine rings is 1. The molecule has 0 spiro atoms. The van der Waals surface area contributed by atoms with Gasteiger partial charge in [-0.1, -0.05) is 33.1 Å². The Balaban J connectivity index is 1.46. The van der Waals surface area contributed by atoms with Gasteiger partial charge in [-0.05, 0) is 57.5 Å². The highest BCUT2D eigenvalue weighted by atomic mass is 16.3. The molecule has 0 aromatic carbocycles. The monoisotopic (exact) mass is 308 g/mol. The van der Waals surface area contributed by atoms with Gasteiger partial charge >= 0.3 is 0 Å². The molecule has 2 aliphatic carbocycles. The minimum absolute atomic E-state index is 0.121. The predicted octanol–water partition coefficient (Wildman–Crippen LogP) is 3.17. The Labute approximate surface area is 136 Å². The number of hydrogen-bond donors (Lipinski definition) is 2. The summed E-state index contributed by atoms with van der Waals surface area (Å²) in [7, 11) is 0. The topological polar surface area (TPSA) is 35.5 Å². The lowest BCUT2D eigenvalue weighted by atomic mass is 9.84. The van der Waals surface area contributed by atoms with Gasteiger partial charge in [0.1, 0.15) is 0 Å². The number of nitrogens with zero attached hydrogens (tertiary/aromatic N) is 1. The summed E-state index contributed by atoms with van der Waals surface area (Å²) in [5.74, 6) is 0.929. The number of aliphatic hydroxyl groups excluding tert-OH is 1. The number of likely N-dealkylation sites (tertiary alicyclic amines) is 1. The molecule has 3 heteroatoms. The van der Waals surface area contributed by atoms with Crippen LogP contribution in [0.15, 0.2) is 0 Å². The first-order valence-electron chi connectivity index (χ1n) is 9.72. The first kappa shape index (κ1) is 16.7. The van der Waals surface area contributed by atoms with Crippen LogP contribution in [0.4, 0.5) is 0 Å². The average molecular weight is 309 g/mol. The molecule has 2 saturated carbocycles. The maximum atomic E-state index is 9.71. The molecule has 1 heterocycles. The van der Waals surface area contributed by atoms with E-state index in [1.54, 1.807) is 0 Å². The molecule has 1 aliphatic heterocycles. The van der Waals surface area contributed by atoms with Crippen LogP contribution in [-0.4, -0.2) is 47.8 Å². The summed E-state index contributed by atoms with van der Waals surface area (Å²) in [4.78, 5) is 2.77. The fraction of sp³-hybridized carbons (Fsp3) is 1.00. The molecule has 3 fully saturated rings. The third kappa shape index (κ3) is 3.68. The molecule has 0 amide bonds. The maximum Gasteiger partial charge on any atom is 0.0499 e. The minimum Gasteiger partial charge on any atom is -0.396 e. The first-order valence-corrected chi connectivity index (χ1v) is 9.72. The van der Waals surface area contributed by atoms with Crippen LogP contribution in [0.3, 0.4) is 0 Å². The lowest BCUT2D eigenvalue weighted by molar-refractivity contribution is 0.0803. The summed E-state index contributed by atoms with van der Waals surface area (Å²) >= 11 is 0. The van der Waals surface area contributed by atoms with E-state index in [0.717, 1.165) is 12.0 Å². The molecule has 1 saturated heterocycles. The predicted molar refractivity (Wildman–Crippen MR) is 92.0 cm³/mol. The highest BCUT2D eigenvalue weighted by molar-refractivity contribution is 4.95. The van der Waals surface area contributed by atoms with Gasteiger partial charge in [-0.2, -0.15) is 0 Å². The average Bonchev–Trinajstić information content (AvgIpc) is 2.90. The summed E-state index contributed by atoms with van der Waals surface area (Å²) < 4.78 is 0. The van der Waals surface area contributed by atoms with Gasteiger partial charge in [0, 0.05) is 30.1 Å². The van der Waals surface area contributed by atoms with Crippen LogP contribution < -0.4 is 5.32 Å². The summed E-state index contributed by atoms with van der Waals surface area (Å²) in [6.45, 7) is 7.57. The normalized spacial score (nSPS) is 41.9. The molecule has 0 bridgehead atoms. The number of nitrogens with one attached hydrogen (secondary N) is 1. The zero-order valence-corrected chi connectivity index (χ0v) is 14.7. The van der Waals surface area contributed by atoms with E-state index in [9.17, 15) is 5.11 Å². The van der Waals surface area contributed by atoms with Crippen LogP contribution >= 0.6 is 0 Å². The molecular formula is C19H36N2O. The number of rotatable bonds is 4. The second-order valence-corrected chi connectivity index (χ2v) is 8.66. The Kier molecular flexibility index (Phi) is 5.47. The molecule has 3 rings (SSSR count). The fourth-order valence-corrected chi connectivity index (χ4v) is 5.16. The van der Waals surface area contributed by atoms with Crippen LogP contribution in [0.5, 0.6) is 0 Å². The van der Waals surface area contributed by atoms with Crippen LogP contribution in [0.25, 0.3) is 0 Å². The second-order valence-electron chi connectivity index (χ2n) is 8.66. The lowest BCUT2D eigenvalue weighted by Crippen LogP contribution is -2.52. The summed E-state index contributed by atoms with van der Waals surface area (Å²) in [5.41, 5.74) is 0.121. The summed E-state index contributed by atoms with van der Waals surface area (Å²) in [5, 5.41) is 13.6. The molecule has 0 radical (unpaired) electrons. The highest BCUT2D eigenvalue weighted by Gasteiger charge is 2.39. The number of hydrogen-bond acceptors (Lipinski definition) is 3. The Morgan fingerprint density at radius 1 is 1.09 bits per heavy atom. The van der Waals surface area contributed by atoms with Gasteiger partial charge < -0.3 is 15.3 Å². The van der Waals surface area contributed by atoms with Gasteiger partial charge in [0.15, 0.2) is 0 Å². The first-order chi connectivity index (χ1) is 10.6. The van der Waals surface area contributed by atoms with Crippen LogP contribution in [0.2, 0.25) is 0 Å². The quantitative estimate of drug-likeness (QED) is 0.837. The molecule has 22 heavy (non-hydrogen) atoms. The third-order valence-corrected chi connectivity index (χ3v) is 6.83. The molecule has 4 atom stereocenters. The minimum atomic E-state index is 0.121. The number of aliphatic hydroxyl groups is 1. The van der Waals surface area contributed by atoms with Crippen LogP contribution in [0, 0.1) is 11.3 Å². The Morgan fingerprint density at radius 3 is 2.55 bits per heavy atom. The van der Waals surface area contributed by atoms with Crippen molar-refractivity contribution in [3.63, 3.8) is 0 Å². The van der Waals surface area contributed by atoms with Crippen molar-refractivity contribution in [2.75, 3.05) is 19.7 Å². The molecule has 3 aliphatic rings. The molecule has 128 valence electrons. The van der Waals surface area contributed by atoms with E-state index >= 15 is 0 Å². The fourth-order valence-electron chi connectivity index (χ4n) is 5.16. The maximum absolute atomic E-state index is 9.71. The van der Waals surface area contributed by atoms with E-state index in [-0.39, 0.29) is 5.41 Å². The van der Waals surface area contributed by atoms with Gasteiger partial charge in [-0.15, -0.1) is 0 Å². The smallest absolute Gasteiger partial charge is 0.0499 e. The van der Waals surface area contributed by atoms with Crippen molar-refractivity contribution < 1.29 is 5.11 Å². The Morgan fingerprint density at radius 2 is 1.86 bits per heavy atom. The van der Waals surface area contributed by atoms with Gasteiger partial charge in [-0.3, -0.25) is 0 Å². The molecule has 0 aromatic rings. The van der Waals surface area contributed by atoms with Crippen LogP contribution in [0.1, 0.15) is 71.6 Å².